The van der Waals surface area contributed by atoms with Crippen LogP contribution >= 0.6 is 11.8 Å². The molecule has 2 heterocycles. The number of nitrogens with one attached hydrogen (secondary N) is 1. The summed E-state index contributed by atoms with van der Waals surface area (Å²) in [5.74, 6) is 0.140. The molecule has 0 radical (unpaired) electrons. The minimum atomic E-state index is 0.140. The van der Waals surface area contributed by atoms with Gasteiger partial charge < -0.3 is 5.32 Å². The number of hydrogen-bond acceptors (Lipinski definition) is 3. The van der Waals surface area contributed by atoms with Gasteiger partial charge in [-0.2, -0.15) is 0 Å². The van der Waals surface area contributed by atoms with Gasteiger partial charge in [-0.25, -0.2) is 0 Å². The smallest absolute Gasteiger partial charge is 0.223 e. The Morgan fingerprint density at radius 3 is 2.75 bits per heavy atom. The highest BCUT2D eigenvalue weighted by Crippen LogP contribution is 2.26. The molecule has 0 aromatic carbocycles. The van der Waals surface area contributed by atoms with Gasteiger partial charge in [0.2, 0.25) is 5.91 Å². The lowest BCUT2D eigenvalue weighted by Gasteiger charge is -2.25. The molecular formula is C8H8N2OS. The quantitative estimate of drug-likeness (QED) is 0.691. The maximum Gasteiger partial charge on any atom is 0.223 e. The number of carbonyl (C=O) groups is 1. The van der Waals surface area contributed by atoms with Crippen LogP contribution in [0.3, 0.4) is 0 Å². The van der Waals surface area contributed by atoms with E-state index >= 15 is 0 Å². The van der Waals surface area contributed by atoms with Crippen LogP contribution in [-0.2, 0) is 4.79 Å². The number of thioether (sulfide) groups is 1. The van der Waals surface area contributed by atoms with Gasteiger partial charge in [-0.15, -0.1) is 11.8 Å². The Labute approximate surface area is 74.6 Å². The number of β-lactam (4-membered cyclic amide) rings is 1. The second-order valence-corrected chi connectivity index (χ2v) is 3.84. The van der Waals surface area contributed by atoms with E-state index in [1.54, 1.807) is 24.2 Å². The summed E-state index contributed by atoms with van der Waals surface area (Å²) in [5, 5.41) is 3.06. The number of carbonyl (C=O) groups excluding carboxylic acids is 1. The number of rotatable bonds is 2. The maximum atomic E-state index is 10.6. The molecule has 1 aromatic heterocycles. The first-order valence-electron chi connectivity index (χ1n) is 3.70. The monoisotopic (exact) mass is 180 g/mol. The molecule has 1 aliphatic rings. The van der Waals surface area contributed by atoms with Gasteiger partial charge >= 0.3 is 0 Å². The fourth-order valence-electron chi connectivity index (χ4n) is 0.979. The highest BCUT2D eigenvalue weighted by molar-refractivity contribution is 8.00. The van der Waals surface area contributed by atoms with Gasteiger partial charge in [-0.3, -0.25) is 9.78 Å². The van der Waals surface area contributed by atoms with Gasteiger partial charge in [0, 0.05) is 17.3 Å². The Morgan fingerprint density at radius 2 is 2.17 bits per heavy atom. The van der Waals surface area contributed by atoms with E-state index in [-0.39, 0.29) is 11.3 Å². The van der Waals surface area contributed by atoms with Crippen molar-refractivity contribution in [2.45, 2.75) is 16.7 Å². The van der Waals surface area contributed by atoms with E-state index in [9.17, 15) is 4.79 Å². The van der Waals surface area contributed by atoms with Crippen molar-refractivity contribution in [1.82, 2.24) is 10.3 Å². The Balaban J connectivity index is 1.92. The Bertz CT molecular complexity index is 280. The molecule has 0 aliphatic carbocycles. The Hall–Kier alpha value is -1.03. The van der Waals surface area contributed by atoms with Crippen molar-refractivity contribution in [2.75, 3.05) is 0 Å². The number of aromatic nitrogens is 1. The van der Waals surface area contributed by atoms with Crippen LogP contribution in [0, 0.1) is 0 Å². The highest BCUT2D eigenvalue weighted by atomic mass is 32.2. The average Bonchev–Trinajstić information content (AvgIpc) is 2.04. The van der Waals surface area contributed by atoms with E-state index in [4.69, 9.17) is 0 Å². The van der Waals surface area contributed by atoms with Crippen LogP contribution in [0.2, 0.25) is 0 Å². The lowest BCUT2D eigenvalue weighted by molar-refractivity contribution is -0.126. The van der Waals surface area contributed by atoms with Gasteiger partial charge in [0.05, 0.1) is 11.8 Å². The van der Waals surface area contributed by atoms with E-state index in [0.717, 1.165) is 4.90 Å². The van der Waals surface area contributed by atoms with Crippen LogP contribution in [0.15, 0.2) is 29.4 Å². The normalized spacial score (nSPS) is 21.3. The first-order valence-corrected chi connectivity index (χ1v) is 4.58. The van der Waals surface area contributed by atoms with Crippen molar-refractivity contribution in [3.63, 3.8) is 0 Å². The predicted molar refractivity (Wildman–Crippen MR) is 46.6 cm³/mol. The minimum Gasteiger partial charge on any atom is -0.343 e. The summed E-state index contributed by atoms with van der Waals surface area (Å²) in [4.78, 5) is 15.6. The molecule has 1 aromatic rings. The Morgan fingerprint density at radius 1 is 1.50 bits per heavy atom. The lowest BCUT2D eigenvalue weighted by atomic mass is 10.3. The van der Waals surface area contributed by atoms with Crippen LogP contribution in [-0.4, -0.2) is 16.3 Å². The van der Waals surface area contributed by atoms with Crippen LogP contribution in [0.25, 0.3) is 0 Å². The second-order valence-electron chi connectivity index (χ2n) is 2.56. The van der Waals surface area contributed by atoms with E-state index in [2.05, 4.69) is 10.3 Å². The number of pyridine rings is 1. The molecule has 62 valence electrons. The van der Waals surface area contributed by atoms with E-state index < -0.39 is 0 Å². The SMILES string of the molecule is O=C1CC(Sc2ccncc2)N1. The van der Waals surface area contributed by atoms with Gasteiger partial charge in [-0.1, -0.05) is 0 Å². The molecule has 1 saturated heterocycles. The summed E-state index contributed by atoms with van der Waals surface area (Å²) in [6.45, 7) is 0. The molecule has 1 amide bonds. The molecular weight excluding hydrogens is 172 g/mol. The van der Waals surface area contributed by atoms with Gasteiger partial charge in [-0.05, 0) is 12.1 Å². The third-order valence-electron chi connectivity index (χ3n) is 1.62. The predicted octanol–water partition coefficient (Wildman–Crippen LogP) is 1.02. The second kappa shape index (κ2) is 3.15. The third-order valence-corrected chi connectivity index (χ3v) is 2.73. The molecule has 0 bridgehead atoms. The first-order chi connectivity index (χ1) is 5.84. The summed E-state index contributed by atoms with van der Waals surface area (Å²) in [7, 11) is 0. The van der Waals surface area contributed by atoms with E-state index in [1.807, 2.05) is 12.1 Å². The molecule has 2 rings (SSSR count). The fraction of sp³-hybridized carbons (Fsp3) is 0.250. The van der Waals surface area contributed by atoms with Crippen LogP contribution in [0.5, 0.6) is 0 Å². The largest absolute Gasteiger partial charge is 0.343 e. The van der Waals surface area contributed by atoms with Crippen molar-refractivity contribution < 1.29 is 4.79 Å². The Kier molecular flexibility index (Phi) is 1.99. The minimum absolute atomic E-state index is 0.140. The van der Waals surface area contributed by atoms with E-state index in [0.29, 0.717) is 6.42 Å². The number of nitrogens with zero attached hydrogens (tertiary/aromatic N) is 1. The summed E-state index contributed by atoms with van der Waals surface area (Å²) in [6.07, 6.45) is 4.14. The number of amides is 1. The van der Waals surface area contributed by atoms with Crippen LogP contribution in [0.1, 0.15) is 6.42 Å². The van der Waals surface area contributed by atoms with Crippen LogP contribution < -0.4 is 5.32 Å². The first kappa shape index (κ1) is 7.61. The molecule has 0 saturated carbocycles. The summed E-state index contributed by atoms with van der Waals surface area (Å²) in [6, 6.07) is 3.88. The maximum absolute atomic E-state index is 10.6. The van der Waals surface area contributed by atoms with Gasteiger partial charge in [0.1, 0.15) is 0 Å². The van der Waals surface area contributed by atoms with Crippen LogP contribution in [0.4, 0.5) is 0 Å². The van der Waals surface area contributed by atoms with Crippen molar-refractivity contribution in [3.05, 3.63) is 24.5 Å². The van der Waals surface area contributed by atoms with E-state index in [1.165, 1.54) is 0 Å². The molecule has 4 heteroatoms. The fourth-order valence-corrected chi connectivity index (χ4v) is 2.01. The highest BCUT2D eigenvalue weighted by Gasteiger charge is 2.25. The molecule has 1 aliphatic heterocycles. The number of hydrogen-bond donors (Lipinski definition) is 1. The molecule has 1 unspecified atom stereocenters. The molecule has 1 fully saturated rings. The zero-order valence-corrected chi connectivity index (χ0v) is 7.17. The zero-order valence-electron chi connectivity index (χ0n) is 6.36. The molecule has 1 atom stereocenters. The van der Waals surface area contributed by atoms with Gasteiger partial charge in [0.25, 0.3) is 0 Å². The lowest BCUT2D eigenvalue weighted by Crippen LogP contribution is -2.46. The standard InChI is InChI=1S/C8H8N2OS/c11-7-5-8(10-7)12-6-1-3-9-4-2-6/h1-4,8H,5H2,(H,10,11). The summed E-state index contributed by atoms with van der Waals surface area (Å²) < 4.78 is 0. The molecule has 12 heavy (non-hydrogen) atoms. The van der Waals surface area contributed by atoms with Crippen molar-refractivity contribution in [1.29, 1.82) is 0 Å². The topological polar surface area (TPSA) is 42.0 Å². The average molecular weight is 180 g/mol. The van der Waals surface area contributed by atoms with Crippen molar-refractivity contribution in [3.8, 4) is 0 Å². The van der Waals surface area contributed by atoms with Crippen molar-refractivity contribution in [2.24, 2.45) is 0 Å². The summed E-state index contributed by atoms with van der Waals surface area (Å²) in [5.41, 5.74) is 0. The summed E-state index contributed by atoms with van der Waals surface area (Å²) >= 11 is 1.66. The molecule has 1 N–H and O–H groups in total. The van der Waals surface area contributed by atoms with Crippen molar-refractivity contribution >= 4 is 17.7 Å². The molecule has 0 spiro atoms. The molecule has 3 nitrogen and oxygen atoms in total. The third kappa shape index (κ3) is 1.58. The van der Waals surface area contributed by atoms with Gasteiger partial charge in [0.15, 0.2) is 0 Å². The zero-order chi connectivity index (χ0) is 8.39.